The van der Waals surface area contributed by atoms with E-state index in [1.807, 2.05) is 24.3 Å². The van der Waals surface area contributed by atoms with E-state index < -0.39 is 27.3 Å². The average molecular weight is 646 g/mol. The first-order valence-corrected chi connectivity index (χ1v) is 16.5. The van der Waals surface area contributed by atoms with Crippen molar-refractivity contribution in [2.45, 2.75) is 23.9 Å². The molecule has 0 radical (unpaired) electrons. The molecule has 3 heterocycles. The number of sulfonamides is 1. The molecule has 1 N–H and O–H groups in total. The smallest absolute Gasteiger partial charge is 0.270 e. The van der Waals surface area contributed by atoms with E-state index in [1.165, 1.54) is 49.7 Å². The fourth-order valence-electron chi connectivity index (χ4n) is 6.03. The molecule has 0 aliphatic carbocycles. The number of pyridine rings is 1. The molecule has 1 aromatic heterocycles. The number of hydrogen-bond acceptors (Lipinski definition) is 9. The van der Waals surface area contributed by atoms with Crippen molar-refractivity contribution in [1.29, 1.82) is 0 Å². The first-order chi connectivity index (χ1) is 22.2. The van der Waals surface area contributed by atoms with Crippen LogP contribution in [0.15, 0.2) is 90.0 Å². The molecular weight excluding hydrogens is 609 g/mol. The number of methoxy groups -OCH3 is 1. The number of aromatic nitrogens is 1. The minimum absolute atomic E-state index is 0.0337. The number of rotatable bonds is 10. The molecule has 2 aliphatic heterocycles. The van der Waals surface area contributed by atoms with Crippen LogP contribution in [0.5, 0.6) is 11.6 Å². The normalized spacial score (nSPS) is 18.5. The summed E-state index contributed by atoms with van der Waals surface area (Å²) in [5.41, 5.74) is 0.533. The van der Waals surface area contributed by atoms with E-state index >= 15 is 4.39 Å². The first kappa shape index (κ1) is 31.5. The molecule has 12 heteroatoms. The lowest BCUT2D eigenvalue weighted by Gasteiger charge is -2.34. The molecular formula is C34H36FN5O5S. The maximum Gasteiger partial charge on any atom is 0.270 e. The highest BCUT2D eigenvalue weighted by atomic mass is 32.2. The number of hydrogen-bond donors (Lipinski definition) is 1. The Morgan fingerprint density at radius 1 is 0.957 bits per heavy atom. The van der Waals surface area contributed by atoms with Gasteiger partial charge in [-0.3, -0.25) is 10.1 Å². The number of carbonyl (C=O) groups is 1. The summed E-state index contributed by atoms with van der Waals surface area (Å²) in [4.78, 5) is 23.7. The van der Waals surface area contributed by atoms with Crippen LogP contribution in [0.3, 0.4) is 0 Å². The number of anilines is 2. The summed E-state index contributed by atoms with van der Waals surface area (Å²) in [6.45, 7) is 5.99. The summed E-state index contributed by atoms with van der Waals surface area (Å²) in [6, 6.07) is 20.7. The Balaban J connectivity index is 1.44. The van der Waals surface area contributed by atoms with E-state index in [9.17, 15) is 13.2 Å². The van der Waals surface area contributed by atoms with Gasteiger partial charge in [-0.1, -0.05) is 12.1 Å². The zero-order valence-corrected chi connectivity index (χ0v) is 26.8. The third-order valence-corrected chi connectivity index (χ3v) is 10.2. The Bertz CT molecular complexity index is 1830. The number of nitrogens with zero attached hydrogens (tertiary/aromatic N) is 4. The van der Waals surface area contributed by atoms with E-state index in [4.69, 9.17) is 9.47 Å². The van der Waals surface area contributed by atoms with Crippen molar-refractivity contribution in [3.8, 4) is 11.6 Å². The van der Waals surface area contributed by atoms with E-state index in [0.29, 0.717) is 5.75 Å². The number of likely N-dealkylation sites (N-methyl/N-ethyl adjacent to an activating group) is 1. The first-order valence-electron chi connectivity index (χ1n) is 15.1. The van der Waals surface area contributed by atoms with E-state index in [1.54, 1.807) is 19.1 Å². The van der Waals surface area contributed by atoms with E-state index in [0.717, 1.165) is 47.8 Å². The van der Waals surface area contributed by atoms with Crippen LogP contribution in [0, 0.1) is 5.82 Å². The van der Waals surface area contributed by atoms with Crippen LogP contribution < -0.4 is 24.0 Å². The van der Waals surface area contributed by atoms with Crippen LogP contribution in [0.2, 0.25) is 0 Å². The molecule has 3 aromatic carbocycles. The van der Waals surface area contributed by atoms with Gasteiger partial charge >= 0.3 is 0 Å². The van der Waals surface area contributed by atoms with Crippen LogP contribution in [-0.2, 0) is 26.9 Å². The van der Waals surface area contributed by atoms with Gasteiger partial charge < -0.3 is 19.3 Å². The third kappa shape index (κ3) is 5.57. The Kier molecular flexibility index (Phi) is 8.69. The zero-order valence-electron chi connectivity index (χ0n) is 25.9. The topological polar surface area (TPSA) is 104 Å². The van der Waals surface area contributed by atoms with Gasteiger partial charge in [-0.25, -0.2) is 22.1 Å². The molecule has 240 valence electrons. The molecule has 1 unspecified atom stereocenters. The molecule has 10 nitrogen and oxygen atoms in total. The highest BCUT2D eigenvalue weighted by Gasteiger charge is 2.57. The largest absolute Gasteiger partial charge is 0.497 e. The third-order valence-electron chi connectivity index (χ3n) is 8.50. The number of fused-ring (bicyclic) bond motifs is 1. The van der Waals surface area contributed by atoms with Crippen LogP contribution in [0.4, 0.5) is 15.8 Å². The summed E-state index contributed by atoms with van der Waals surface area (Å²) in [5, 5.41) is 3.35. The molecule has 0 saturated carbocycles. The van der Waals surface area contributed by atoms with Crippen molar-refractivity contribution < 1.29 is 27.1 Å². The van der Waals surface area contributed by atoms with Crippen molar-refractivity contribution in [1.82, 2.24) is 15.2 Å². The summed E-state index contributed by atoms with van der Waals surface area (Å²) in [7, 11) is -0.868. The number of ether oxygens (including phenoxy) is 2. The quantitative estimate of drug-likeness (QED) is 0.273. The SMILES string of the molecule is CCOc1ncccc1C1(NCc2ccc(N3CCN(C)CC3)cc2)C(=O)N(S(=O)(=O)c2ccc(OC)cc2)c2ccc(F)cc21. The fraction of sp³-hybridized carbons (Fsp3) is 0.294. The maximum absolute atomic E-state index is 15.1. The van der Waals surface area contributed by atoms with Gasteiger partial charge in [0.25, 0.3) is 15.9 Å². The molecule has 0 spiro atoms. The Morgan fingerprint density at radius 2 is 1.67 bits per heavy atom. The summed E-state index contributed by atoms with van der Waals surface area (Å²) in [5.74, 6) is -0.859. The summed E-state index contributed by atoms with van der Waals surface area (Å²) >= 11 is 0. The second kappa shape index (κ2) is 12.7. The fourth-order valence-corrected chi connectivity index (χ4v) is 7.50. The molecule has 1 saturated heterocycles. The van der Waals surface area contributed by atoms with Crippen molar-refractivity contribution in [3.05, 3.63) is 108 Å². The van der Waals surface area contributed by atoms with Gasteiger partial charge in [0.2, 0.25) is 5.88 Å². The van der Waals surface area contributed by atoms with E-state index in [2.05, 4.69) is 27.1 Å². The molecule has 4 aromatic rings. The highest BCUT2D eigenvalue weighted by Crippen LogP contribution is 2.49. The molecule has 2 aliphatic rings. The standard InChI is InChI=1S/C34H36FN5O5S/c1-4-45-32-29(6-5-17-36-32)34(37-23-24-7-10-26(11-8-24)39-20-18-38(2)19-21-39)30-22-25(35)9-16-31(30)40(33(34)41)46(42,43)28-14-12-27(44-3)13-15-28/h5-17,22,37H,4,18-21,23H2,1-3H3. The molecule has 46 heavy (non-hydrogen) atoms. The molecule has 1 atom stereocenters. The minimum Gasteiger partial charge on any atom is -0.497 e. The number of benzene rings is 3. The second-order valence-corrected chi connectivity index (χ2v) is 13.0. The Morgan fingerprint density at radius 3 is 2.35 bits per heavy atom. The molecule has 0 bridgehead atoms. The monoisotopic (exact) mass is 645 g/mol. The average Bonchev–Trinajstić information content (AvgIpc) is 3.32. The number of halogens is 1. The second-order valence-electron chi connectivity index (χ2n) is 11.3. The van der Waals surface area contributed by atoms with Gasteiger partial charge in [0.05, 0.1) is 24.3 Å². The van der Waals surface area contributed by atoms with Gasteiger partial charge in [-0.05, 0) is 86.3 Å². The van der Waals surface area contributed by atoms with E-state index in [-0.39, 0.29) is 40.7 Å². The molecule has 1 fully saturated rings. The molecule has 1 amide bonds. The summed E-state index contributed by atoms with van der Waals surface area (Å²) in [6.07, 6.45) is 1.52. The van der Waals surface area contributed by atoms with Crippen LogP contribution in [0.1, 0.15) is 23.6 Å². The van der Waals surface area contributed by atoms with Crippen molar-refractivity contribution in [2.75, 3.05) is 56.1 Å². The van der Waals surface area contributed by atoms with Gasteiger partial charge in [0, 0.05) is 55.7 Å². The summed E-state index contributed by atoms with van der Waals surface area (Å²) < 4.78 is 55.2. The number of amides is 1. The Hall–Kier alpha value is -4.52. The lowest BCUT2D eigenvalue weighted by Crippen LogP contribution is -2.52. The lowest BCUT2D eigenvalue weighted by molar-refractivity contribution is -0.121. The van der Waals surface area contributed by atoms with Crippen molar-refractivity contribution in [3.63, 3.8) is 0 Å². The van der Waals surface area contributed by atoms with Crippen LogP contribution in [0.25, 0.3) is 0 Å². The number of piperazine rings is 1. The van der Waals surface area contributed by atoms with Gasteiger partial charge in [-0.15, -0.1) is 0 Å². The maximum atomic E-state index is 15.1. The minimum atomic E-state index is -4.45. The molecule has 6 rings (SSSR count). The zero-order chi connectivity index (χ0) is 32.5. The van der Waals surface area contributed by atoms with Crippen LogP contribution in [-0.4, -0.2) is 71.2 Å². The van der Waals surface area contributed by atoms with Gasteiger partial charge in [0.15, 0.2) is 5.54 Å². The number of nitrogens with one attached hydrogen (secondary N) is 1. The van der Waals surface area contributed by atoms with Crippen molar-refractivity contribution in [2.24, 2.45) is 0 Å². The van der Waals surface area contributed by atoms with Crippen molar-refractivity contribution >= 4 is 27.3 Å². The van der Waals surface area contributed by atoms with Gasteiger partial charge in [-0.2, -0.15) is 0 Å². The highest BCUT2D eigenvalue weighted by molar-refractivity contribution is 7.93. The number of carbonyl (C=O) groups excluding carboxylic acids is 1. The Labute approximate surface area is 268 Å². The van der Waals surface area contributed by atoms with Gasteiger partial charge in [0.1, 0.15) is 11.6 Å². The predicted octanol–water partition coefficient (Wildman–Crippen LogP) is 4.15. The van der Waals surface area contributed by atoms with Crippen LogP contribution >= 0.6 is 0 Å². The lowest BCUT2D eigenvalue weighted by atomic mass is 9.83. The predicted molar refractivity (Wildman–Crippen MR) is 173 cm³/mol.